The van der Waals surface area contributed by atoms with Crippen molar-refractivity contribution in [2.45, 2.75) is 84.7 Å². The maximum absolute atomic E-state index is 13.4. The number of rotatable bonds is 9. The van der Waals surface area contributed by atoms with Crippen molar-refractivity contribution in [3.63, 3.8) is 0 Å². The predicted octanol–water partition coefficient (Wildman–Crippen LogP) is 5.35. The van der Waals surface area contributed by atoms with Crippen LogP contribution in [0, 0.1) is 11.3 Å². The van der Waals surface area contributed by atoms with Crippen molar-refractivity contribution in [1.29, 1.82) is 0 Å². The van der Waals surface area contributed by atoms with Crippen molar-refractivity contribution in [3.05, 3.63) is 28.7 Å². The molecule has 2 aromatic rings. The summed E-state index contributed by atoms with van der Waals surface area (Å²) in [5, 5.41) is 17.5. The standard InChI is InChI=1S/C25H32ClF5N4O3.O2S/c1-5-35-20(18(26)19(34-35)21(36)33-13-24(37)8-6-14(2)7-9-24)16-12-32-15(10-17(16)38-22(27)28)11-23(3,4)25(29,30)31;1-3-2/h10,12,14,22,37H,5-9,11,13H2,1-4H3,(H,33,36);. The zero-order valence-electron chi connectivity index (χ0n) is 22.9. The lowest BCUT2D eigenvalue weighted by atomic mass is 9.79. The number of hydrogen-bond acceptors (Lipinski definition) is 7. The summed E-state index contributed by atoms with van der Waals surface area (Å²) in [6.07, 6.45) is -1.31. The quantitative estimate of drug-likeness (QED) is 0.358. The van der Waals surface area contributed by atoms with Crippen LogP contribution in [-0.4, -0.2) is 59.1 Å². The van der Waals surface area contributed by atoms with Crippen molar-refractivity contribution >= 4 is 29.1 Å². The van der Waals surface area contributed by atoms with Gasteiger partial charge in [0.1, 0.15) is 5.75 Å². The molecule has 2 N–H and O–H groups in total. The third-order valence-corrected chi connectivity index (χ3v) is 7.33. The smallest absolute Gasteiger partial charge is 0.394 e. The molecule has 1 fully saturated rings. The maximum atomic E-state index is 13.4. The van der Waals surface area contributed by atoms with Crippen LogP contribution in [-0.2, 0) is 24.5 Å². The highest BCUT2D eigenvalue weighted by Gasteiger charge is 2.47. The molecule has 0 aromatic carbocycles. The summed E-state index contributed by atoms with van der Waals surface area (Å²) >= 11 is 5.75. The van der Waals surface area contributed by atoms with E-state index in [2.05, 4.69) is 27.1 Å². The Balaban J connectivity index is 0.00000187. The molecule has 2 aromatic heterocycles. The summed E-state index contributed by atoms with van der Waals surface area (Å²) in [7, 11) is 0. The highest BCUT2D eigenvalue weighted by Crippen LogP contribution is 2.42. The predicted molar refractivity (Wildman–Crippen MR) is 140 cm³/mol. The molecule has 9 nitrogen and oxygen atoms in total. The number of carbonyl (C=O) groups is 1. The molecule has 1 aliphatic carbocycles. The molecule has 2 heterocycles. The molecule has 1 aliphatic rings. The lowest BCUT2D eigenvalue weighted by Gasteiger charge is -2.34. The summed E-state index contributed by atoms with van der Waals surface area (Å²) in [5.74, 6) is -0.618. The van der Waals surface area contributed by atoms with Crippen molar-refractivity contribution in [3.8, 4) is 17.0 Å². The minimum absolute atomic E-state index is 0.00577. The van der Waals surface area contributed by atoms with E-state index in [1.54, 1.807) is 6.92 Å². The van der Waals surface area contributed by atoms with E-state index in [1.807, 2.05) is 0 Å². The minimum Gasteiger partial charge on any atom is -0.434 e. The topological polar surface area (TPSA) is 123 Å². The Hall–Kier alpha value is -2.65. The van der Waals surface area contributed by atoms with E-state index in [0.29, 0.717) is 18.8 Å². The first kappa shape index (κ1) is 34.6. The third-order valence-electron chi connectivity index (χ3n) is 6.98. The number of nitrogens with zero attached hydrogens (tertiary/aromatic N) is 3. The molecule has 0 spiro atoms. The van der Waals surface area contributed by atoms with Gasteiger partial charge in [0, 0.05) is 37.5 Å². The van der Waals surface area contributed by atoms with Crippen LogP contribution in [0.5, 0.6) is 5.75 Å². The third kappa shape index (κ3) is 8.92. The van der Waals surface area contributed by atoms with E-state index >= 15 is 0 Å². The van der Waals surface area contributed by atoms with Crippen molar-refractivity contribution < 1.29 is 45.0 Å². The molecule has 0 radical (unpaired) electrons. The lowest BCUT2D eigenvalue weighted by Crippen LogP contribution is -2.45. The van der Waals surface area contributed by atoms with Gasteiger partial charge in [-0.3, -0.25) is 14.5 Å². The van der Waals surface area contributed by atoms with Gasteiger partial charge in [-0.1, -0.05) is 32.4 Å². The van der Waals surface area contributed by atoms with Gasteiger partial charge in [0.25, 0.3) is 5.91 Å². The average molecular weight is 631 g/mol. The SMILES string of the molecule is CCn1nc(C(=O)NCC2(O)CCC(C)CC2)c(Cl)c1-c1cnc(CC(C)(C)C(F)(F)F)cc1OC(F)F.O=S=O. The number of hydrogen-bond donors (Lipinski definition) is 2. The van der Waals surface area contributed by atoms with Gasteiger partial charge in [-0.2, -0.15) is 35.5 Å². The summed E-state index contributed by atoms with van der Waals surface area (Å²) < 4.78 is 89.1. The molecular formula is C25H32ClF5N4O5S. The number of alkyl halides is 5. The molecular weight excluding hydrogens is 599 g/mol. The molecule has 230 valence electrons. The molecule has 0 aliphatic heterocycles. The Morgan fingerprint density at radius 2 is 1.88 bits per heavy atom. The van der Waals surface area contributed by atoms with E-state index in [-0.39, 0.29) is 40.8 Å². The minimum atomic E-state index is -4.55. The summed E-state index contributed by atoms with van der Waals surface area (Å²) in [5.41, 5.74) is -3.53. The lowest BCUT2D eigenvalue weighted by molar-refractivity contribution is -0.211. The van der Waals surface area contributed by atoms with Crippen LogP contribution >= 0.6 is 11.6 Å². The van der Waals surface area contributed by atoms with Crippen LogP contribution in [0.4, 0.5) is 22.0 Å². The van der Waals surface area contributed by atoms with Gasteiger partial charge >= 0.3 is 24.4 Å². The number of aliphatic hydroxyl groups is 1. The summed E-state index contributed by atoms with van der Waals surface area (Å²) in [6, 6.07) is 1.01. The Labute approximate surface area is 242 Å². The zero-order chi connectivity index (χ0) is 31.2. The first-order chi connectivity index (χ1) is 19.0. The van der Waals surface area contributed by atoms with Gasteiger partial charge < -0.3 is 15.2 Å². The van der Waals surface area contributed by atoms with Crippen molar-refractivity contribution in [1.82, 2.24) is 20.1 Å². The molecule has 0 unspecified atom stereocenters. The van der Waals surface area contributed by atoms with E-state index < -0.39 is 53.5 Å². The number of carbonyl (C=O) groups excluding carboxylic acids is 1. The molecule has 0 atom stereocenters. The fourth-order valence-corrected chi connectivity index (χ4v) is 4.70. The van der Waals surface area contributed by atoms with Crippen molar-refractivity contribution in [2.75, 3.05) is 6.54 Å². The van der Waals surface area contributed by atoms with Crippen LogP contribution in [0.1, 0.15) is 69.6 Å². The average Bonchev–Trinajstić information content (AvgIpc) is 3.20. The fourth-order valence-electron chi connectivity index (χ4n) is 4.37. The van der Waals surface area contributed by atoms with E-state index in [9.17, 15) is 31.9 Å². The Morgan fingerprint density at radius 1 is 1.29 bits per heavy atom. The monoisotopic (exact) mass is 630 g/mol. The molecule has 16 heteroatoms. The maximum Gasteiger partial charge on any atom is 0.394 e. The second-order valence-electron chi connectivity index (χ2n) is 10.6. The van der Waals surface area contributed by atoms with Crippen LogP contribution in [0.25, 0.3) is 11.3 Å². The summed E-state index contributed by atoms with van der Waals surface area (Å²) in [4.78, 5) is 17.0. The molecule has 1 amide bonds. The number of halogens is 6. The van der Waals surface area contributed by atoms with Crippen LogP contribution < -0.4 is 10.1 Å². The second kappa shape index (κ2) is 14.0. The number of amides is 1. The molecule has 0 bridgehead atoms. The van der Waals surface area contributed by atoms with E-state index in [0.717, 1.165) is 39.0 Å². The Bertz CT molecular complexity index is 1240. The zero-order valence-corrected chi connectivity index (χ0v) is 24.4. The van der Waals surface area contributed by atoms with Gasteiger partial charge in [-0.25, -0.2) is 0 Å². The fraction of sp³-hybridized carbons (Fsp3) is 0.640. The first-order valence-electron chi connectivity index (χ1n) is 12.7. The molecule has 41 heavy (non-hydrogen) atoms. The Morgan fingerprint density at radius 3 is 2.39 bits per heavy atom. The van der Waals surface area contributed by atoms with Crippen molar-refractivity contribution in [2.24, 2.45) is 11.3 Å². The summed E-state index contributed by atoms with van der Waals surface area (Å²) in [6.45, 7) is 2.64. The Kier molecular flexibility index (Phi) is 11.8. The highest BCUT2D eigenvalue weighted by atomic mass is 35.5. The van der Waals surface area contributed by atoms with Gasteiger partial charge in [0.05, 0.1) is 27.3 Å². The number of pyridine rings is 1. The normalized spacial score (nSPS) is 19.4. The van der Waals surface area contributed by atoms with E-state index in [4.69, 9.17) is 20.0 Å². The van der Waals surface area contributed by atoms with Gasteiger partial charge in [0.2, 0.25) is 0 Å². The first-order valence-corrected chi connectivity index (χ1v) is 13.7. The van der Waals surface area contributed by atoms with Gasteiger partial charge in [-0.05, 0) is 38.5 Å². The van der Waals surface area contributed by atoms with E-state index in [1.165, 1.54) is 4.68 Å². The van der Waals surface area contributed by atoms with Crippen LogP contribution in [0.2, 0.25) is 5.02 Å². The van der Waals surface area contributed by atoms with Gasteiger partial charge in [-0.15, -0.1) is 0 Å². The van der Waals surface area contributed by atoms with Crippen LogP contribution in [0.15, 0.2) is 12.3 Å². The molecule has 3 rings (SSSR count). The molecule has 1 saturated carbocycles. The molecule has 0 saturated heterocycles. The number of ether oxygens (including phenoxy) is 1. The number of nitrogens with one attached hydrogen (secondary N) is 1. The number of aromatic nitrogens is 3. The second-order valence-corrected chi connectivity index (χ2v) is 11.1. The largest absolute Gasteiger partial charge is 0.434 e. The highest BCUT2D eigenvalue weighted by molar-refractivity contribution is 7.51. The number of aryl methyl sites for hydroxylation is 1. The van der Waals surface area contributed by atoms with Gasteiger partial charge in [0.15, 0.2) is 5.69 Å². The van der Waals surface area contributed by atoms with Crippen LogP contribution in [0.3, 0.4) is 0 Å².